The van der Waals surface area contributed by atoms with Crippen molar-refractivity contribution in [1.29, 1.82) is 0 Å². The summed E-state index contributed by atoms with van der Waals surface area (Å²) in [5, 5.41) is 18.5. The van der Waals surface area contributed by atoms with Gasteiger partial charge >= 0.3 is 0 Å². The van der Waals surface area contributed by atoms with E-state index in [1.807, 2.05) is 35.4 Å². The molecule has 2 aromatic heterocycles. The van der Waals surface area contributed by atoms with Gasteiger partial charge in [0.15, 0.2) is 0 Å². The van der Waals surface area contributed by atoms with Crippen LogP contribution in [0.2, 0.25) is 0 Å². The SMILES string of the molecule is CCc1cn[nH]c1[C@@H]1CCCN(C(=O)Cc2ccc(-n3cnnn3)cc2)C1. The zero-order valence-corrected chi connectivity index (χ0v) is 15.4. The third-order valence-electron chi connectivity index (χ3n) is 5.22. The fraction of sp³-hybridized carbons (Fsp3) is 0.421. The first-order chi connectivity index (χ1) is 13.2. The zero-order valence-electron chi connectivity index (χ0n) is 15.4. The van der Waals surface area contributed by atoms with Gasteiger partial charge in [-0.1, -0.05) is 19.1 Å². The van der Waals surface area contributed by atoms with Gasteiger partial charge in [-0.25, -0.2) is 4.68 Å². The van der Waals surface area contributed by atoms with Crippen molar-refractivity contribution in [2.24, 2.45) is 0 Å². The van der Waals surface area contributed by atoms with Crippen molar-refractivity contribution in [3.05, 3.63) is 53.6 Å². The monoisotopic (exact) mass is 365 g/mol. The molecule has 1 aromatic carbocycles. The fourth-order valence-electron chi connectivity index (χ4n) is 3.73. The molecule has 1 fully saturated rings. The number of piperidine rings is 1. The van der Waals surface area contributed by atoms with E-state index in [0.29, 0.717) is 12.3 Å². The highest BCUT2D eigenvalue weighted by Gasteiger charge is 2.27. The maximum Gasteiger partial charge on any atom is 0.227 e. The van der Waals surface area contributed by atoms with Crippen molar-refractivity contribution in [2.75, 3.05) is 13.1 Å². The second-order valence-corrected chi connectivity index (χ2v) is 6.94. The van der Waals surface area contributed by atoms with E-state index >= 15 is 0 Å². The summed E-state index contributed by atoms with van der Waals surface area (Å²) in [6.07, 6.45) is 6.95. The number of rotatable bonds is 5. The third-order valence-corrected chi connectivity index (χ3v) is 5.22. The molecule has 0 aliphatic carbocycles. The standard InChI is InChI=1S/C19H23N7O/c1-2-15-11-20-22-19(15)16-4-3-9-25(12-16)18(27)10-14-5-7-17(8-6-14)26-13-21-23-24-26/h5-8,11,13,16H,2-4,9-10,12H2,1H3,(H,20,22)/t16-/m1/s1. The number of aromatic amines is 1. The van der Waals surface area contributed by atoms with Crippen LogP contribution in [0.15, 0.2) is 36.8 Å². The molecule has 0 unspecified atom stereocenters. The molecule has 1 aliphatic rings. The van der Waals surface area contributed by atoms with Crippen LogP contribution < -0.4 is 0 Å². The number of hydrogen-bond donors (Lipinski definition) is 1. The van der Waals surface area contributed by atoms with Crippen LogP contribution >= 0.6 is 0 Å². The summed E-state index contributed by atoms with van der Waals surface area (Å²) >= 11 is 0. The maximum atomic E-state index is 12.8. The van der Waals surface area contributed by atoms with Crippen LogP contribution in [-0.2, 0) is 17.6 Å². The van der Waals surface area contributed by atoms with Crippen molar-refractivity contribution < 1.29 is 4.79 Å². The first-order valence-electron chi connectivity index (χ1n) is 9.36. The highest BCUT2D eigenvalue weighted by Crippen LogP contribution is 2.28. The minimum Gasteiger partial charge on any atom is -0.342 e. The van der Waals surface area contributed by atoms with Gasteiger partial charge in [0.05, 0.1) is 18.3 Å². The van der Waals surface area contributed by atoms with Crippen molar-refractivity contribution in [2.45, 2.75) is 38.5 Å². The van der Waals surface area contributed by atoms with Crippen LogP contribution in [-0.4, -0.2) is 54.3 Å². The lowest BCUT2D eigenvalue weighted by atomic mass is 9.91. The second kappa shape index (κ2) is 7.69. The molecule has 1 saturated heterocycles. The molecule has 0 bridgehead atoms. The molecule has 3 heterocycles. The van der Waals surface area contributed by atoms with Gasteiger partial charge in [-0.15, -0.1) is 5.10 Å². The highest BCUT2D eigenvalue weighted by atomic mass is 16.2. The Hall–Kier alpha value is -3.03. The summed E-state index contributed by atoms with van der Waals surface area (Å²) in [5.74, 6) is 0.523. The predicted molar refractivity (Wildman–Crippen MR) is 99.4 cm³/mol. The van der Waals surface area contributed by atoms with Gasteiger partial charge in [-0.3, -0.25) is 9.89 Å². The normalized spacial score (nSPS) is 17.2. The summed E-state index contributed by atoms with van der Waals surface area (Å²) < 4.78 is 1.59. The molecule has 0 spiro atoms. The molecule has 3 aromatic rings. The molecule has 1 N–H and O–H groups in total. The van der Waals surface area contributed by atoms with Crippen LogP contribution in [0.3, 0.4) is 0 Å². The second-order valence-electron chi connectivity index (χ2n) is 6.94. The average molecular weight is 365 g/mol. The van der Waals surface area contributed by atoms with Crippen molar-refractivity contribution in [3.63, 3.8) is 0 Å². The Balaban J connectivity index is 1.40. The summed E-state index contributed by atoms with van der Waals surface area (Å²) in [7, 11) is 0. The highest BCUT2D eigenvalue weighted by molar-refractivity contribution is 5.79. The van der Waals surface area contributed by atoms with Gasteiger partial charge < -0.3 is 4.90 Å². The van der Waals surface area contributed by atoms with E-state index in [9.17, 15) is 4.79 Å². The largest absolute Gasteiger partial charge is 0.342 e. The molecule has 27 heavy (non-hydrogen) atoms. The summed E-state index contributed by atoms with van der Waals surface area (Å²) in [6.45, 7) is 3.73. The molecule has 0 saturated carbocycles. The predicted octanol–water partition coefficient (Wildman–Crippen LogP) is 1.90. The van der Waals surface area contributed by atoms with E-state index in [-0.39, 0.29) is 5.91 Å². The number of amides is 1. The summed E-state index contributed by atoms with van der Waals surface area (Å²) in [4.78, 5) is 14.8. The smallest absolute Gasteiger partial charge is 0.227 e. The van der Waals surface area contributed by atoms with Crippen LogP contribution in [0, 0.1) is 0 Å². The Morgan fingerprint density at radius 1 is 1.30 bits per heavy atom. The molecule has 140 valence electrons. The third kappa shape index (κ3) is 3.74. The van der Waals surface area contributed by atoms with Crippen LogP contribution in [0.1, 0.15) is 42.5 Å². The number of nitrogens with zero attached hydrogens (tertiary/aromatic N) is 6. The number of likely N-dealkylation sites (tertiary alicyclic amines) is 1. The molecule has 1 amide bonds. The van der Waals surface area contributed by atoms with Gasteiger partial charge in [0.1, 0.15) is 6.33 Å². The number of tetrazole rings is 1. The minimum atomic E-state index is 0.174. The number of H-pyrrole nitrogens is 1. The lowest BCUT2D eigenvalue weighted by molar-refractivity contribution is -0.131. The Kier molecular flexibility index (Phi) is 4.95. The van der Waals surface area contributed by atoms with E-state index in [4.69, 9.17) is 0 Å². The fourth-order valence-corrected chi connectivity index (χ4v) is 3.73. The molecule has 0 radical (unpaired) electrons. The van der Waals surface area contributed by atoms with Crippen LogP contribution in [0.25, 0.3) is 5.69 Å². The number of aromatic nitrogens is 6. The lowest BCUT2D eigenvalue weighted by Crippen LogP contribution is -2.40. The lowest BCUT2D eigenvalue weighted by Gasteiger charge is -2.33. The van der Waals surface area contributed by atoms with Crippen molar-refractivity contribution in [3.8, 4) is 5.69 Å². The minimum absolute atomic E-state index is 0.174. The van der Waals surface area contributed by atoms with Gasteiger partial charge in [-0.2, -0.15) is 5.10 Å². The van der Waals surface area contributed by atoms with Crippen molar-refractivity contribution in [1.82, 2.24) is 35.3 Å². The number of aryl methyl sites for hydroxylation is 1. The van der Waals surface area contributed by atoms with Crippen molar-refractivity contribution >= 4 is 5.91 Å². The van der Waals surface area contributed by atoms with E-state index in [0.717, 1.165) is 43.6 Å². The molecule has 1 aliphatic heterocycles. The first kappa shape index (κ1) is 17.4. The quantitative estimate of drug-likeness (QED) is 0.745. The zero-order chi connectivity index (χ0) is 18.6. The number of nitrogens with one attached hydrogen (secondary N) is 1. The topological polar surface area (TPSA) is 92.6 Å². The van der Waals surface area contributed by atoms with E-state index in [1.54, 1.807) is 11.0 Å². The number of hydrogen-bond acceptors (Lipinski definition) is 5. The molecule has 8 nitrogen and oxygen atoms in total. The van der Waals surface area contributed by atoms with Gasteiger partial charge in [0.2, 0.25) is 5.91 Å². The van der Waals surface area contributed by atoms with Crippen LogP contribution in [0.4, 0.5) is 0 Å². The number of carbonyl (C=O) groups is 1. The molecule has 1 atom stereocenters. The first-order valence-corrected chi connectivity index (χ1v) is 9.36. The van der Waals surface area contributed by atoms with Gasteiger partial charge in [0.25, 0.3) is 0 Å². The van der Waals surface area contributed by atoms with Crippen LogP contribution in [0.5, 0.6) is 0 Å². The Morgan fingerprint density at radius 3 is 2.89 bits per heavy atom. The summed E-state index contributed by atoms with van der Waals surface area (Å²) in [5.41, 5.74) is 4.32. The number of benzene rings is 1. The molecule has 4 rings (SSSR count). The Morgan fingerprint density at radius 2 is 2.15 bits per heavy atom. The molecule has 8 heteroatoms. The summed E-state index contributed by atoms with van der Waals surface area (Å²) in [6, 6.07) is 7.77. The number of carbonyl (C=O) groups excluding carboxylic acids is 1. The van der Waals surface area contributed by atoms with Gasteiger partial charge in [0, 0.05) is 24.7 Å². The van der Waals surface area contributed by atoms with E-state index in [2.05, 4.69) is 32.6 Å². The van der Waals surface area contributed by atoms with E-state index < -0.39 is 0 Å². The Bertz CT molecular complexity index is 885. The van der Waals surface area contributed by atoms with Gasteiger partial charge in [-0.05, 0) is 52.9 Å². The Labute approximate surface area is 157 Å². The average Bonchev–Trinajstić information content (AvgIpc) is 3.40. The maximum absolute atomic E-state index is 12.8. The molecular weight excluding hydrogens is 342 g/mol. The van der Waals surface area contributed by atoms with E-state index in [1.165, 1.54) is 11.3 Å². The molecular formula is C19H23N7O.